The van der Waals surface area contributed by atoms with E-state index in [1.165, 1.54) is 5.56 Å². The molecular weight excluding hydrogens is 266 g/mol. The van der Waals surface area contributed by atoms with Gasteiger partial charge in [0.05, 0.1) is 18.4 Å². The van der Waals surface area contributed by atoms with Crippen LogP contribution in [0.1, 0.15) is 16.8 Å². The molecule has 0 bridgehead atoms. The molecule has 0 unspecified atom stereocenters. The van der Waals surface area contributed by atoms with Crippen molar-refractivity contribution in [2.45, 2.75) is 25.9 Å². The van der Waals surface area contributed by atoms with Crippen LogP contribution in [0.4, 0.5) is 0 Å². The fraction of sp³-hybridized carbons (Fsp3) is 0.438. The second kappa shape index (κ2) is 5.77. The molecule has 0 fully saturated rings. The highest BCUT2D eigenvalue weighted by atomic mass is 16.5. The van der Waals surface area contributed by atoms with Crippen molar-refractivity contribution in [3.8, 4) is 11.6 Å². The summed E-state index contributed by atoms with van der Waals surface area (Å²) in [5.74, 6) is 1.82. The van der Waals surface area contributed by atoms with Gasteiger partial charge in [0.15, 0.2) is 0 Å². The van der Waals surface area contributed by atoms with E-state index >= 15 is 0 Å². The van der Waals surface area contributed by atoms with E-state index in [4.69, 9.17) is 9.47 Å². The Morgan fingerprint density at radius 1 is 1.43 bits per heavy atom. The number of para-hydroxylation sites is 1. The molecule has 2 heterocycles. The van der Waals surface area contributed by atoms with E-state index in [0.29, 0.717) is 12.6 Å². The number of hydrogen-bond acceptors (Lipinski definition) is 4. The summed E-state index contributed by atoms with van der Waals surface area (Å²) in [7, 11) is 3.58. The molecule has 112 valence electrons. The molecular formula is C16H21N3O2. The van der Waals surface area contributed by atoms with E-state index in [9.17, 15) is 0 Å². The van der Waals surface area contributed by atoms with Gasteiger partial charge in [-0.25, -0.2) is 4.68 Å². The zero-order valence-corrected chi connectivity index (χ0v) is 12.7. The molecule has 5 nitrogen and oxygen atoms in total. The van der Waals surface area contributed by atoms with Crippen LogP contribution in [-0.2, 0) is 20.0 Å². The van der Waals surface area contributed by atoms with Gasteiger partial charge in [0, 0.05) is 19.6 Å². The summed E-state index contributed by atoms with van der Waals surface area (Å²) in [5.41, 5.74) is 3.37. The number of aryl methyl sites for hydroxylation is 2. The number of aromatic nitrogens is 2. The molecule has 1 aliphatic heterocycles. The molecule has 1 aliphatic rings. The average molecular weight is 287 g/mol. The van der Waals surface area contributed by atoms with Gasteiger partial charge in [-0.2, -0.15) is 5.10 Å². The lowest BCUT2D eigenvalue weighted by molar-refractivity contribution is 0.237. The van der Waals surface area contributed by atoms with Gasteiger partial charge in [-0.15, -0.1) is 0 Å². The average Bonchev–Trinajstić information content (AvgIpc) is 2.78. The molecule has 1 atom stereocenters. The van der Waals surface area contributed by atoms with Gasteiger partial charge in [0.2, 0.25) is 5.88 Å². The quantitative estimate of drug-likeness (QED) is 0.932. The molecule has 0 amide bonds. The van der Waals surface area contributed by atoms with Crippen LogP contribution in [0.2, 0.25) is 0 Å². The van der Waals surface area contributed by atoms with Gasteiger partial charge >= 0.3 is 0 Å². The van der Waals surface area contributed by atoms with Crippen LogP contribution < -0.4 is 14.8 Å². The lowest BCUT2D eigenvalue weighted by Gasteiger charge is -2.26. The number of nitrogens with one attached hydrogen (secondary N) is 1. The Bertz CT molecular complexity index is 636. The third kappa shape index (κ3) is 2.74. The van der Waals surface area contributed by atoms with Gasteiger partial charge in [0.25, 0.3) is 0 Å². The van der Waals surface area contributed by atoms with E-state index in [0.717, 1.165) is 35.9 Å². The Hall–Kier alpha value is -2.01. The number of ether oxygens (including phenoxy) is 2. The molecule has 0 radical (unpaired) electrons. The monoisotopic (exact) mass is 287 g/mol. The maximum absolute atomic E-state index is 5.80. The molecule has 0 saturated heterocycles. The van der Waals surface area contributed by atoms with E-state index in [2.05, 4.69) is 22.5 Å². The van der Waals surface area contributed by atoms with E-state index in [-0.39, 0.29) is 0 Å². The van der Waals surface area contributed by atoms with Crippen LogP contribution >= 0.6 is 0 Å². The van der Waals surface area contributed by atoms with Crippen molar-refractivity contribution in [2.75, 3.05) is 13.7 Å². The minimum atomic E-state index is 0.309. The molecule has 1 aromatic heterocycles. The zero-order chi connectivity index (χ0) is 14.8. The number of methoxy groups -OCH3 is 1. The van der Waals surface area contributed by atoms with Crippen molar-refractivity contribution >= 4 is 0 Å². The smallest absolute Gasteiger partial charge is 0.216 e. The van der Waals surface area contributed by atoms with Crippen molar-refractivity contribution < 1.29 is 9.47 Å². The van der Waals surface area contributed by atoms with Crippen molar-refractivity contribution in [3.63, 3.8) is 0 Å². The highest BCUT2D eigenvalue weighted by molar-refractivity contribution is 5.36. The maximum atomic E-state index is 5.80. The zero-order valence-electron chi connectivity index (χ0n) is 12.7. The van der Waals surface area contributed by atoms with Crippen LogP contribution in [-0.4, -0.2) is 29.5 Å². The summed E-state index contributed by atoms with van der Waals surface area (Å²) < 4.78 is 13.0. The predicted molar refractivity (Wildman–Crippen MR) is 80.8 cm³/mol. The first kappa shape index (κ1) is 13.9. The Labute approximate surface area is 124 Å². The first-order valence-electron chi connectivity index (χ1n) is 7.19. The van der Waals surface area contributed by atoms with Gasteiger partial charge in [0.1, 0.15) is 12.4 Å². The second-order valence-electron chi connectivity index (χ2n) is 5.40. The molecule has 1 N–H and O–H groups in total. The van der Waals surface area contributed by atoms with Crippen LogP contribution in [0, 0.1) is 6.92 Å². The fourth-order valence-corrected chi connectivity index (χ4v) is 2.85. The van der Waals surface area contributed by atoms with Crippen LogP contribution in [0.15, 0.2) is 24.3 Å². The van der Waals surface area contributed by atoms with E-state index < -0.39 is 0 Å². The summed E-state index contributed by atoms with van der Waals surface area (Å²) in [6, 6.07) is 8.53. The number of fused-ring (bicyclic) bond motifs is 1. The first-order valence-corrected chi connectivity index (χ1v) is 7.19. The third-order valence-corrected chi connectivity index (χ3v) is 3.93. The molecule has 2 aromatic rings. The van der Waals surface area contributed by atoms with Crippen molar-refractivity contribution in [1.29, 1.82) is 0 Å². The van der Waals surface area contributed by atoms with Crippen molar-refractivity contribution in [1.82, 2.24) is 15.1 Å². The normalized spacial score (nSPS) is 17.2. The summed E-state index contributed by atoms with van der Waals surface area (Å²) in [5, 5.41) is 7.95. The van der Waals surface area contributed by atoms with E-state index in [1.807, 2.05) is 26.1 Å². The van der Waals surface area contributed by atoms with Crippen LogP contribution in [0.25, 0.3) is 0 Å². The number of rotatable bonds is 4. The van der Waals surface area contributed by atoms with Gasteiger partial charge in [-0.3, -0.25) is 0 Å². The molecule has 0 spiro atoms. The van der Waals surface area contributed by atoms with Crippen molar-refractivity contribution in [2.24, 2.45) is 7.05 Å². The predicted octanol–water partition coefficient (Wildman–Crippen LogP) is 1.83. The number of nitrogens with zero attached hydrogens (tertiary/aromatic N) is 2. The largest absolute Gasteiger partial charge is 0.492 e. The van der Waals surface area contributed by atoms with Crippen LogP contribution in [0.5, 0.6) is 11.6 Å². The second-order valence-corrected chi connectivity index (χ2v) is 5.40. The minimum Gasteiger partial charge on any atom is -0.492 e. The fourth-order valence-electron chi connectivity index (χ4n) is 2.85. The summed E-state index contributed by atoms with van der Waals surface area (Å²) in [6.07, 6.45) is 0.984. The Balaban J connectivity index is 1.67. The Morgan fingerprint density at radius 3 is 3.05 bits per heavy atom. The molecule has 3 rings (SSSR count). The number of benzene rings is 1. The highest BCUT2D eigenvalue weighted by Gasteiger charge is 2.21. The summed E-state index contributed by atoms with van der Waals surface area (Å²) >= 11 is 0. The lowest BCUT2D eigenvalue weighted by atomic mass is 10.0. The third-order valence-electron chi connectivity index (χ3n) is 3.93. The SMILES string of the molecule is COc1c(CN[C@@H]2COc3ccccc3C2)c(C)nn1C. The summed E-state index contributed by atoms with van der Waals surface area (Å²) in [4.78, 5) is 0. The highest BCUT2D eigenvalue weighted by Crippen LogP contribution is 2.25. The molecule has 0 aliphatic carbocycles. The standard InChI is InChI=1S/C16H21N3O2/c1-11-14(16(20-3)19(2)18-11)9-17-13-8-12-6-4-5-7-15(12)21-10-13/h4-7,13,17H,8-10H2,1-3H3/t13-/m0/s1. The molecule has 0 saturated carbocycles. The van der Waals surface area contributed by atoms with Gasteiger partial charge in [-0.1, -0.05) is 18.2 Å². The summed E-state index contributed by atoms with van der Waals surface area (Å²) in [6.45, 7) is 3.43. The Morgan fingerprint density at radius 2 is 2.24 bits per heavy atom. The minimum absolute atomic E-state index is 0.309. The Kier molecular flexibility index (Phi) is 3.84. The molecule has 1 aromatic carbocycles. The topological polar surface area (TPSA) is 48.3 Å². The molecule has 5 heteroatoms. The van der Waals surface area contributed by atoms with Crippen LogP contribution in [0.3, 0.4) is 0 Å². The van der Waals surface area contributed by atoms with Crippen molar-refractivity contribution in [3.05, 3.63) is 41.1 Å². The molecule has 21 heavy (non-hydrogen) atoms. The maximum Gasteiger partial charge on any atom is 0.216 e. The van der Waals surface area contributed by atoms with E-state index in [1.54, 1.807) is 11.8 Å². The van der Waals surface area contributed by atoms with Gasteiger partial charge in [-0.05, 0) is 25.0 Å². The first-order chi connectivity index (χ1) is 10.2. The van der Waals surface area contributed by atoms with Gasteiger partial charge < -0.3 is 14.8 Å². The number of hydrogen-bond donors (Lipinski definition) is 1. The lowest BCUT2D eigenvalue weighted by Crippen LogP contribution is -2.38.